The van der Waals surface area contributed by atoms with E-state index < -0.39 is 22.6 Å². The topological polar surface area (TPSA) is 99.9 Å². The van der Waals surface area contributed by atoms with Gasteiger partial charge in [-0.2, -0.15) is 0 Å². The van der Waals surface area contributed by atoms with Crippen molar-refractivity contribution in [2.75, 3.05) is 20.6 Å². The zero-order valence-electron chi connectivity index (χ0n) is 16.9. The van der Waals surface area contributed by atoms with Gasteiger partial charge in [0.1, 0.15) is 0 Å². The van der Waals surface area contributed by atoms with Gasteiger partial charge in [0.25, 0.3) is 5.69 Å². The average Bonchev–Trinajstić information content (AvgIpc) is 2.71. The second-order valence-electron chi connectivity index (χ2n) is 6.77. The molecule has 2 N–H and O–H groups in total. The third kappa shape index (κ3) is 6.50. The number of non-ortho nitro benzene ring substituents is 1. The smallest absolute Gasteiger partial charge is 0.269 e. The van der Waals surface area contributed by atoms with Crippen molar-refractivity contribution in [2.24, 2.45) is 4.99 Å². The normalized spacial score (nSPS) is 12.2. The van der Waals surface area contributed by atoms with E-state index in [0.717, 1.165) is 17.7 Å². The number of guanidine groups is 1. The molecule has 0 saturated carbocycles. The fourth-order valence-corrected chi connectivity index (χ4v) is 2.43. The highest BCUT2D eigenvalue weighted by Crippen LogP contribution is 2.16. The summed E-state index contributed by atoms with van der Waals surface area (Å²) in [5.74, 6) is -1.80. The van der Waals surface area contributed by atoms with Gasteiger partial charge in [0.15, 0.2) is 17.6 Å². The maximum absolute atomic E-state index is 13.5. The minimum Gasteiger partial charge on any atom is -0.350 e. The molecule has 1 amide bonds. The quantitative estimate of drug-likeness (QED) is 0.311. The van der Waals surface area contributed by atoms with Crippen molar-refractivity contribution in [3.63, 3.8) is 0 Å². The first-order valence-electron chi connectivity index (χ1n) is 9.10. The molecular formula is C20H23F2N5O3. The van der Waals surface area contributed by atoms with E-state index in [2.05, 4.69) is 15.6 Å². The second kappa shape index (κ2) is 10.3. The number of rotatable bonds is 7. The van der Waals surface area contributed by atoms with Gasteiger partial charge in [0.05, 0.1) is 24.1 Å². The number of nitro benzene ring substituents is 1. The van der Waals surface area contributed by atoms with E-state index in [9.17, 15) is 23.7 Å². The summed E-state index contributed by atoms with van der Waals surface area (Å²) in [6, 6.07) is 9.08. The predicted molar refractivity (Wildman–Crippen MR) is 109 cm³/mol. The van der Waals surface area contributed by atoms with Gasteiger partial charge in [-0.05, 0) is 30.2 Å². The molecule has 30 heavy (non-hydrogen) atoms. The molecule has 8 nitrogen and oxygen atoms in total. The van der Waals surface area contributed by atoms with Crippen LogP contribution in [0.2, 0.25) is 0 Å². The Hall–Kier alpha value is -3.56. The molecule has 2 aromatic rings. The number of hydrogen-bond donors (Lipinski definition) is 2. The minimum atomic E-state index is -0.957. The lowest BCUT2D eigenvalue weighted by Gasteiger charge is -2.19. The monoisotopic (exact) mass is 419 g/mol. The highest BCUT2D eigenvalue weighted by atomic mass is 19.2. The zero-order chi connectivity index (χ0) is 22.3. The summed E-state index contributed by atoms with van der Waals surface area (Å²) >= 11 is 0. The molecule has 10 heteroatoms. The molecule has 0 spiro atoms. The Morgan fingerprint density at radius 1 is 1.17 bits per heavy atom. The number of carbonyl (C=O) groups excluding carboxylic acids is 1. The number of likely N-dealkylation sites (N-methyl/N-ethyl adjacent to an activating group) is 1. The van der Waals surface area contributed by atoms with Crippen molar-refractivity contribution in [2.45, 2.75) is 19.5 Å². The van der Waals surface area contributed by atoms with Crippen LogP contribution in [0.25, 0.3) is 0 Å². The highest BCUT2D eigenvalue weighted by molar-refractivity contribution is 5.86. The molecular weight excluding hydrogens is 396 g/mol. The molecule has 0 heterocycles. The van der Waals surface area contributed by atoms with Crippen LogP contribution in [-0.4, -0.2) is 42.3 Å². The number of benzene rings is 2. The summed E-state index contributed by atoms with van der Waals surface area (Å²) in [6.45, 7) is 1.90. The number of nitrogens with one attached hydrogen (secondary N) is 2. The predicted octanol–water partition coefficient (Wildman–Crippen LogP) is 2.76. The first-order chi connectivity index (χ1) is 14.2. The number of nitro groups is 1. The van der Waals surface area contributed by atoms with Crippen molar-refractivity contribution in [1.29, 1.82) is 0 Å². The molecule has 0 bridgehead atoms. The molecule has 1 atom stereocenters. The standard InChI is InChI=1S/C20H23F2N5O3/c1-13(15-6-9-17(21)18(22)10-15)25-20(24-12-19(28)26(2)3)23-11-14-4-7-16(8-5-14)27(29)30/h4-10,13H,11-12H2,1-3H3,(H2,23,24,25). The molecule has 1 unspecified atom stereocenters. The van der Waals surface area contributed by atoms with Crippen molar-refractivity contribution in [3.8, 4) is 0 Å². The summed E-state index contributed by atoms with van der Waals surface area (Å²) in [5, 5.41) is 16.7. The van der Waals surface area contributed by atoms with Crippen LogP contribution < -0.4 is 10.6 Å². The molecule has 0 aliphatic heterocycles. The van der Waals surface area contributed by atoms with E-state index >= 15 is 0 Å². The van der Waals surface area contributed by atoms with Crippen LogP contribution in [0.3, 0.4) is 0 Å². The number of carbonyl (C=O) groups is 1. The number of hydrogen-bond acceptors (Lipinski definition) is 4. The third-order valence-corrected chi connectivity index (χ3v) is 4.27. The zero-order valence-corrected chi connectivity index (χ0v) is 16.9. The van der Waals surface area contributed by atoms with Gasteiger partial charge in [-0.15, -0.1) is 0 Å². The number of amides is 1. The van der Waals surface area contributed by atoms with Gasteiger partial charge in [-0.1, -0.05) is 18.2 Å². The lowest BCUT2D eigenvalue weighted by Crippen LogP contribution is -2.43. The van der Waals surface area contributed by atoms with E-state index in [-0.39, 0.29) is 30.6 Å². The van der Waals surface area contributed by atoms with Crippen LogP contribution >= 0.6 is 0 Å². The number of nitrogens with zero attached hydrogens (tertiary/aromatic N) is 3. The van der Waals surface area contributed by atoms with Crippen LogP contribution in [0.4, 0.5) is 14.5 Å². The number of aliphatic imine (C=N–C) groups is 1. The van der Waals surface area contributed by atoms with Gasteiger partial charge in [-0.3, -0.25) is 14.9 Å². The molecule has 0 aromatic heterocycles. The average molecular weight is 419 g/mol. The Morgan fingerprint density at radius 3 is 2.40 bits per heavy atom. The maximum atomic E-state index is 13.5. The van der Waals surface area contributed by atoms with E-state index in [1.165, 1.54) is 23.1 Å². The lowest BCUT2D eigenvalue weighted by molar-refractivity contribution is -0.384. The Balaban J connectivity index is 2.15. The van der Waals surface area contributed by atoms with Gasteiger partial charge >= 0.3 is 0 Å². The first-order valence-corrected chi connectivity index (χ1v) is 9.10. The third-order valence-electron chi connectivity index (χ3n) is 4.27. The molecule has 0 radical (unpaired) electrons. The van der Waals surface area contributed by atoms with Gasteiger partial charge in [0, 0.05) is 26.2 Å². The van der Waals surface area contributed by atoms with E-state index in [1.54, 1.807) is 33.2 Å². The van der Waals surface area contributed by atoms with Gasteiger partial charge in [0.2, 0.25) is 5.91 Å². The molecule has 0 aliphatic carbocycles. The molecule has 0 saturated heterocycles. The summed E-state index contributed by atoms with van der Waals surface area (Å²) in [5.41, 5.74) is 1.20. The number of halogens is 2. The van der Waals surface area contributed by atoms with Crippen LogP contribution in [-0.2, 0) is 11.3 Å². The minimum absolute atomic E-state index is 0.0242. The Labute approximate surface area is 172 Å². The summed E-state index contributed by atoms with van der Waals surface area (Å²) in [4.78, 5) is 28.0. The van der Waals surface area contributed by atoms with Crippen LogP contribution in [0, 0.1) is 21.7 Å². The fraction of sp³-hybridized carbons (Fsp3) is 0.300. The van der Waals surface area contributed by atoms with Crippen molar-refractivity contribution >= 4 is 17.6 Å². The molecule has 2 rings (SSSR count). The van der Waals surface area contributed by atoms with Crippen molar-refractivity contribution < 1.29 is 18.5 Å². The second-order valence-corrected chi connectivity index (χ2v) is 6.77. The Bertz CT molecular complexity index is 933. The van der Waals surface area contributed by atoms with Gasteiger partial charge < -0.3 is 15.5 Å². The summed E-state index contributed by atoms with van der Waals surface area (Å²) in [7, 11) is 3.24. The molecule has 2 aromatic carbocycles. The summed E-state index contributed by atoms with van der Waals surface area (Å²) in [6.07, 6.45) is 0. The molecule has 0 aliphatic rings. The van der Waals surface area contributed by atoms with Crippen LogP contribution in [0.1, 0.15) is 24.1 Å². The van der Waals surface area contributed by atoms with Crippen LogP contribution in [0.5, 0.6) is 0 Å². The van der Waals surface area contributed by atoms with E-state index in [4.69, 9.17) is 0 Å². The fourth-order valence-electron chi connectivity index (χ4n) is 2.43. The largest absolute Gasteiger partial charge is 0.350 e. The van der Waals surface area contributed by atoms with Crippen molar-refractivity contribution in [3.05, 3.63) is 75.3 Å². The highest BCUT2D eigenvalue weighted by Gasteiger charge is 2.13. The molecule has 160 valence electrons. The Kier molecular flexibility index (Phi) is 7.79. The SMILES string of the molecule is CC(NC(=NCc1ccc([N+](=O)[O-])cc1)NCC(=O)N(C)C)c1ccc(F)c(F)c1. The lowest BCUT2D eigenvalue weighted by atomic mass is 10.1. The Morgan fingerprint density at radius 2 is 1.83 bits per heavy atom. The first kappa shape index (κ1) is 22.7. The van der Waals surface area contributed by atoms with E-state index in [1.807, 2.05) is 0 Å². The van der Waals surface area contributed by atoms with Gasteiger partial charge in [-0.25, -0.2) is 13.8 Å². The summed E-state index contributed by atoms with van der Waals surface area (Å²) < 4.78 is 26.7. The maximum Gasteiger partial charge on any atom is 0.269 e. The van der Waals surface area contributed by atoms with Crippen molar-refractivity contribution in [1.82, 2.24) is 15.5 Å². The van der Waals surface area contributed by atoms with Crippen LogP contribution in [0.15, 0.2) is 47.5 Å². The molecule has 0 fully saturated rings. The van der Waals surface area contributed by atoms with E-state index in [0.29, 0.717) is 5.56 Å².